The van der Waals surface area contributed by atoms with Crippen molar-refractivity contribution in [3.8, 4) is 6.07 Å². The van der Waals surface area contributed by atoms with E-state index in [2.05, 4.69) is 31.6 Å². The Hall–Kier alpha value is -3.47. The highest BCUT2D eigenvalue weighted by Crippen LogP contribution is 2.26. The average molecular weight is 279 g/mol. The quantitative estimate of drug-likeness (QED) is 0.656. The first-order chi connectivity index (χ1) is 10.2. The number of nitrogens with two attached hydrogens (primary N) is 1. The van der Waals surface area contributed by atoms with Gasteiger partial charge in [-0.1, -0.05) is 12.1 Å². The lowest BCUT2D eigenvalue weighted by molar-refractivity contribution is 0.0994. The zero-order valence-corrected chi connectivity index (χ0v) is 10.7. The second-order valence-corrected chi connectivity index (χ2v) is 4.20. The van der Waals surface area contributed by atoms with Gasteiger partial charge in [0.25, 0.3) is 5.91 Å². The third kappa shape index (κ3) is 2.23. The molecule has 2 aromatic heterocycles. The molecule has 8 nitrogen and oxygen atoms in total. The SMILES string of the molecule is N#Cc1c[nH]c2c(Nc3ncc(C(N)=O)nn3)cccc12. The molecule has 1 aromatic carbocycles. The molecule has 0 aliphatic rings. The molecule has 0 bridgehead atoms. The highest BCUT2D eigenvalue weighted by Gasteiger charge is 2.09. The van der Waals surface area contributed by atoms with Crippen molar-refractivity contribution in [2.24, 2.45) is 5.73 Å². The fourth-order valence-electron chi connectivity index (χ4n) is 1.92. The largest absolute Gasteiger partial charge is 0.364 e. The van der Waals surface area contributed by atoms with Gasteiger partial charge >= 0.3 is 0 Å². The summed E-state index contributed by atoms with van der Waals surface area (Å²) in [6, 6.07) is 7.57. The van der Waals surface area contributed by atoms with Crippen molar-refractivity contribution in [3.63, 3.8) is 0 Å². The molecule has 0 unspecified atom stereocenters. The summed E-state index contributed by atoms with van der Waals surface area (Å²) in [4.78, 5) is 17.9. The van der Waals surface area contributed by atoms with Gasteiger partial charge in [0, 0.05) is 11.6 Å². The van der Waals surface area contributed by atoms with E-state index in [4.69, 9.17) is 11.0 Å². The van der Waals surface area contributed by atoms with E-state index in [1.54, 1.807) is 6.20 Å². The summed E-state index contributed by atoms with van der Waals surface area (Å²) in [6.07, 6.45) is 2.87. The van der Waals surface area contributed by atoms with E-state index < -0.39 is 5.91 Å². The number of benzene rings is 1. The fraction of sp³-hybridized carbons (Fsp3) is 0. The second kappa shape index (κ2) is 4.90. The van der Waals surface area contributed by atoms with Crippen molar-refractivity contribution in [2.45, 2.75) is 0 Å². The molecule has 3 rings (SSSR count). The Morgan fingerprint density at radius 1 is 1.38 bits per heavy atom. The first-order valence-corrected chi connectivity index (χ1v) is 5.96. The number of hydrogen-bond acceptors (Lipinski definition) is 6. The molecule has 0 saturated heterocycles. The third-order valence-corrected chi connectivity index (χ3v) is 2.90. The van der Waals surface area contributed by atoms with Crippen LogP contribution in [-0.4, -0.2) is 26.1 Å². The molecule has 0 fully saturated rings. The lowest BCUT2D eigenvalue weighted by Gasteiger charge is -2.05. The molecule has 8 heteroatoms. The lowest BCUT2D eigenvalue weighted by atomic mass is 10.1. The molecule has 2 heterocycles. The maximum Gasteiger partial charge on any atom is 0.270 e. The van der Waals surface area contributed by atoms with E-state index in [-0.39, 0.29) is 11.6 Å². The molecule has 0 spiro atoms. The van der Waals surface area contributed by atoms with Crippen molar-refractivity contribution in [2.75, 3.05) is 5.32 Å². The zero-order chi connectivity index (χ0) is 14.8. The first kappa shape index (κ1) is 12.6. The predicted molar refractivity (Wildman–Crippen MR) is 74.6 cm³/mol. The number of carbonyl (C=O) groups is 1. The minimum atomic E-state index is -0.688. The van der Waals surface area contributed by atoms with Gasteiger partial charge in [0.1, 0.15) is 6.07 Å². The molecule has 0 atom stereocenters. The van der Waals surface area contributed by atoms with Gasteiger partial charge in [0.15, 0.2) is 5.69 Å². The number of primary amides is 1. The molecular weight excluding hydrogens is 270 g/mol. The van der Waals surface area contributed by atoms with Gasteiger partial charge in [-0.3, -0.25) is 4.79 Å². The van der Waals surface area contributed by atoms with Crippen molar-refractivity contribution in [1.29, 1.82) is 5.26 Å². The first-order valence-electron chi connectivity index (χ1n) is 5.96. The van der Waals surface area contributed by atoms with Crippen LogP contribution in [0.3, 0.4) is 0 Å². The predicted octanol–water partition coefficient (Wildman–Crippen LogP) is 1.07. The van der Waals surface area contributed by atoms with Crippen molar-refractivity contribution in [3.05, 3.63) is 41.9 Å². The number of anilines is 2. The number of aromatic amines is 1. The Morgan fingerprint density at radius 3 is 2.90 bits per heavy atom. The average Bonchev–Trinajstić information content (AvgIpc) is 2.92. The number of nitrogens with zero attached hydrogens (tertiary/aromatic N) is 4. The smallest absolute Gasteiger partial charge is 0.270 e. The van der Waals surface area contributed by atoms with Crippen LogP contribution in [-0.2, 0) is 0 Å². The second-order valence-electron chi connectivity index (χ2n) is 4.20. The summed E-state index contributed by atoms with van der Waals surface area (Å²) < 4.78 is 0. The van der Waals surface area contributed by atoms with Crippen molar-refractivity contribution >= 4 is 28.4 Å². The topological polar surface area (TPSA) is 133 Å². The van der Waals surface area contributed by atoms with Gasteiger partial charge in [0.2, 0.25) is 5.95 Å². The molecule has 4 N–H and O–H groups in total. The standard InChI is InChI=1S/C13H9N7O/c14-4-7-5-16-11-8(7)2-1-3-9(11)18-13-17-6-10(12(15)21)19-20-13/h1-3,5-6,16H,(H2,15,21)(H,17,18,20). The van der Waals surface area contributed by atoms with Gasteiger partial charge in [-0.25, -0.2) is 4.98 Å². The van der Waals surface area contributed by atoms with E-state index in [1.165, 1.54) is 6.20 Å². The highest BCUT2D eigenvalue weighted by atomic mass is 16.1. The summed E-state index contributed by atoms with van der Waals surface area (Å²) >= 11 is 0. The molecule has 0 aliphatic heterocycles. The number of aromatic nitrogens is 4. The summed E-state index contributed by atoms with van der Waals surface area (Å²) in [7, 11) is 0. The summed E-state index contributed by atoms with van der Waals surface area (Å²) in [5, 5.41) is 20.2. The molecule has 3 aromatic rings. The Bertz CT molecular complexity index is 860. The third-order valence-electron chi connectivity index (χ3n) is 2.90. The van der Waals surface area contributed by atoms with Crippen LogP contribution < -0.4 is 11.1 Å². The molecule has 0 radical (unpaired) electrons. The van der Waals surface area contributed by atoms with Crippen LogP contribution in [0, 0.1) is 11.3 Å². The number of nitrogens with one attached hydrogen (secondary N) is 2. The van der Waals surface area contributed by atoms with Crippen LogP contribution in [0.1, 0.15) is 16.1 Å². The van der Waals surface area contributed by atoms with Gasteiger partial charge in [-0.2, -0.15) is 5.26 Å². The van der Waals surface area contributed by atoms with Crippen LogP contribution in [0.4, 0.5) is 11.6 Å². The Labute approximate surface area is 118 Å². The number of para-hydroxylation sites is 1. The Balaban J connectivity index is 1.96. The number of hydrogen-bond donors (Lipinski definition) is 3. The van der Waals surface area contributed by atoms with E-state index >= 15 is 0 Å². The molecule has 1 amide bonds. The Morgan fingerprint density at radius 2 is 2.24 bits per heavy atom. The summed E-state index contributed by atoms with van der Waals surface area (Å²) in [5.74, 6) is -0.465. The van der Waals surface area contributed by atoms with E-state index in [0.29, 0.717) is 11.3 Å². The van der Waals surface area contributed by atoms with E-state index in [1.807, 2.05) is 18.2 Å². The van der Waals surface area contributed by atoms with Gasteiger partial charge in [0.05, 0.1) is 23.0 Å². The zero-order valence-electron chi connectivity index (χ0n) is 10.7. The molecule has 0 aliphatic carbocycles. The van der Waals surface area contributed by atoms with E-state index in [0.717, 1.165) is 10.9 Å². The number of rotatable bonds is 3. The number of carbonyl (C=O) groups excluding carboxylic acids is 1. The van der Waals surface area contributed by atoms with Crippen LogP contribution in [0.25, 0.3) is 10.9 Å². The lowest BCUT2D eigenvalue weighted by Crippen LogP contribution is -2.14. The maximum absolute atomic E-state index is 10.9. The number of fused-ring (bicyclic) bond motifs is 1. The minimum absolute atomic E-state index is 0.00889. The number of nitriles is 1. The normalized spacial score (nSPS) is 10.2. The highest BCUT2D eigenvalue weighted by molar-refractivity contribution is 5.96. The van der Waals surface area contributed by atoms with Crippen molar-refractivity contribution in [1.82, 2.24) is 20.2 Å². The summed E-state index contributed by atoms with van der Waals surface area (Å²) in [6.45, 7) is 0. The maximum atomic E-state index is 10.9. The molecule has 102 valence electrons. The Kier molecular flexibility index (Phi) is 2.93. The number of H-pyrrole nitrogens is 1. The van der Waals surface area contributed by atoms with E-state index in [9.17, 15) is 4.79 Å². The molecule has 21 heavy (non-hydrogen) atoms. The molecule has 0 saturated carbocycles. The van der Waals surface area contributed by atoms with Crippen LogP contribution in [0.5, 0.6) is 0 Å². The van der Waals surface area contributed by atoms with Crippen LogP contribution >= 0.6 is 0 Å². The van der Waals surface area contributed by atoms with Gasteiger partial charge < -0.3 is 16.0 Å². The minimum Gasteiger partial charge on any atom is -0.364 e. The van der Waals surface area contributed by atoms with Crippen LogP contribution in [0.15, 0.2) is 30.6 Å². The number of amides is 1. The fourth-order valence-corrected chi connectivity index (χ4v) is 1.92. The summed E-state index contributed by atoms with van der Waals surface area (Å²) in [5.41, 5.74) is 7.07. The van der Waals surface area contributed by atoms with Gasteiger partial charge in [-0.15, -0.1) is 10.2 Å². The monoisotopic (exact) mass is 279 g/mol. The van der Waals surface area contributed by atoms with Crippen LogP contribution in [0.2, 0.25) is 0 Å². The van der Waals surface area contributed by atoms with Gasteiger partial charge in [-0.05, 0) is 6.07 Å². The van der Waals surface area contributed by atoms with Crippen molar-refractivity contribution < 1.29 is 4.79 Å². The molecular formula is C13H9N7O.